The molecule has 16 heavy (non-hydrogen) atoms. The zero-order valence-corrected chi connectivity index (χ0v) is 10.0. The van der Waals surface area contributed by atoms with Crippen LogP contribution in [0.15, 0.2) is 52.2 Å². The van der Waals surface area contributed by atoms with Gasteiger partial charge in [0, 0.05) is 16.2 Å². The largest absolute Gasteiger partial charge is 0.472 e. The van der Waals surface area contributed by atoms with E-state index in [1.807, 2.05) is 24.3 Å². The minimum Gasteiger partial charge on any atom is -0.472 e. The van der Waals surface area contributed by atoms with Crippen LogP contribution < -0.4 is 0 Å². The Bertz CT molecular complexity index is 442. The normalized spacial score (nSPS) is 12.6. The molecule has 0 spiro atoms. The van der Waals surface area contributed by atoms with Gasteiger partial charge in [0.05, 0.1) is 23.7 Å². The molecule has 0 bridgehead atoms. The van der Waals surface area contributed by atoms with Gasteiger partial charge in [-0.15, -0.1) is 11.8 Å². The van der Waals surface area contributed by atoms with E-state index in [4.69, 9.17) is 16.0 Å². The van der Waals surface area contributed by atoms with Crippen LogP contribution in [0.2, 0.25) is 5.02 Å². The third kappa shape index (κ3) is 2.82. The maximum atomic E-state index is 9.84. The van der Waals surface area contributed by atoms with Crippen molar-refractivity contribution < 1.29 is 9.52 Å². The predicted octanol–water partition coefficient (Wildman–Crippen LogP) is 3.76. The van der Waals surface area contributed by atoms with Crippen molar-refractivity contribution in [3.05, 3.63) is 53.4 Å². The lowest BCUT2D eigenvalue weighted by molar-refractivity contribution is 0.203. The zero-order valence-electron chi connectivity index (χ0n) is 8.47. The summed E-state index contributed by atoms with van der Waals surface area (Å²) in [6.45, 7) is 0. The number of hydrogen-bond donors (Lipinski definition) is 1. The van der Waals surface area contributed by atoms with Gasteiger partial charge in [-0.3, -0.25) is 0 Å². The molecule has 1 atom stereocenters. The monoisotopic (exact) mass is 254 g/mol. The van der Waals surface area contributed by atoms with Gasteiger partial charge in [0.2, 0.25) is 0 Å². The van der Waals surface area contributed by atoms with E-state index in [0.29, 0.717) is 10.8 Å². The lowest BCUT2D eigenvalue weighted by atomic mass is 10.2. The number of rotatable bonds is 4. The Hall–Kier alpha value is -0.900. The second-order valence-electron chi connectivity index (χ2n) is 3.31. The summed E-state index contributed by atoms with van der Waals surface area (Å²) in [5.74, 6) is 0.559. The Balaban J connectivity index is 1.95. The topological polar surface area (TPSA) is 33.4 Å². The number of aliphatic hydroxyl groups excluding tert-OH is 1. The first-order valence-electron chi connectivity index (χ1n) is 4.85. The summed E-state index contributed by atoms with van der Waals surface area (Å²) in [4.78, 5) is 0.978. The predicted molar refractivity (Wildman–Crippen MR) is 65.8 cm³/mol. The average molecular weight is 255 g/mol. The van der Waals surface area contributed by atoms with E-state index in [-0.39, 0.29) is 0 Å². The molecule has 0 saturated carbocycles. The molecule has 0 aliphatic rings. The molecule has 0 amide bonds. The van der Waals surface area contributed by atoms with E-state index in [1.165, 1.54) is 11.8 Å². The summed E-state index contributed by atoms with van der Waals surface area (Å²) in [7, 11) is 0. The first-order chi connectivity index (χ1) is 7.77. The zero-order chi connectivity index (χ0) is 11.4. The van der Waals surface area contributed by atoms with Crippen molar-refractivity contribution in [1.82, 2.24) is 0 Å². The molecule has 1 heterocycles. The van der Waals surface area contributed by atoms with E-state index in [2.05, 4.69) is 0 Å². The lowest BCUT2D eigenvalue weighted by Gasteiger charge is -2.08. The van der Waals surface area contributed by atoms with Crippen LogP contribution in [-0.2, 0) is 0 Å². The van der Waals surface area contributed by atoms with Gasteiger partial charge in [0.15, 0.2) is 0 Å². The maximum absolute atomic E-state index is 9.84. The molecule has 0 aliphatic heterocycles. The second kappa shape index (κ2) is 5.43. The van der Waals surface area contributed by atoms with Crippen molar-refractivity contribution in [3.63, 3.8) is 0 Å². The summed E-state index contributed by atoms with van der Waals surface area (Å²) >= 11 is 7.54. The molecule has 0 fully saturated rings. The molecule has 0 aliphatic carbocycles. The third-order valence-electron chi connectivity index (χ3n) is 2.16. The average Bonchev–Trinajstić information content (AvgIpc) is 2.81. The van der Waals surface area contributed by atoms with Crippen LogP contribution >= 0.6 is 23.4 Å². The first-order valence-corrected chi connectivity index (χ1v) is 6.21. The minimum absolute atomic E-state index is 0.528. The van der Waals surface area contributed by atoms with Crippen LogP contribution in [0.25, 0.3) is 0 Å². The van der Waals surface area contributed by atoms with Crippen molar-refractivity contribution >= 4 is 23.4 Å². The molecule has 2 nitrogen and oxygen atoms in total. The number of hydrogen-bond acceptors (Lipinski definition) is 3. The molecule has 4 heteroatoms. The molecule has 0 saturated heterocycles. The summed E-state index contributed by atoms with van der Waals surface area (Å²) in [5, 5.41) is 10.6. The highest BCUT2D eigenvalue weighted by Gasteiger charge is 2.10. The van der Waals surface area contributed by atoms with E-state index < -0.39 is 6.10 Å². The smallest absolute Gasteiger partial charge is 0.0960 e. The number of benzene rings is 1. The van der Waals surface area contributed by atoms with E-state index in [9.17, 15) is 5.11 Å². The number of thioether (sulfide) groups is 1. The number of halogens is 1. The summed E-state index contributed by atoms with van der Waals surface area (Å²) in [5.41, 5.74) is 0.791. The van der Waals surface area contributed by atoms with Crippen molar-refractivity contribution in [2.45, 2.75) is 11.0 Å². The van der Waals surface area contributed by atoms with Crippen LogP contribution in [0.4, 0.5) is 0 Å². The molecule has 84 valence electrons. The van der Waals surface area contributed by atoms with Crippen molar-refractivity contribution in [2.24, 2.45) is 0 Å². The van der Waals surface area contributed by atoms with Gasteiger partial charge >= 0.3 is 0 Å². The molecule has 1 N–H and O–H groups in total. The lowest BCUT2D eigenvalue weighted by Crippen LogP contribution is -1.98. The molecule has 2 rings (SSSR count). The van der Waals surface area contributed by atoms with Crippen LogP contribution in [0.5, 0.6) is 0 Å². The standard InChI is InChI=1S/C12H11ClO2S/c13-10-3-1-2-4-12(10)16-8-11(14)9-5-6-15-7-9/h1-7,11,14H,8H2. The fourth-order valence-corrected chi connectivity index (χ4v) is 2.50. The maximum Gasteiger partial charge on any atom is 0.0960 e. The van der Waals surface area contributed by atoms with Gasteiger partial charge in [0.1, 0.15) is 0 Å². The summed E-state index contributed by atoms with van der Waals surface area (Å²) < 4.78 is 4.92. The minimum atomic E-state index is -0.528. The van der Waals surface area contributed by atoms with Gasteiger partial charge in [-0.05, 0) is 18.2 Å². The van der Waals surface area contributed by atoms with Gasteiger partial charge in [-0.25, -0.2) is 0 Å². The van der Waals surface area contributed by atoms with E-state index in [0.717, 1.165) is 10.5 Å². The number of aliphatic hydroxyl groups is 1. The van der Waals surface area contributed by atoms with Crippen LogP contribution in [0.1, 0.15) is 11.7 Å². The molecule has 0 radical (unpaired) electrons. The van der Waals surface area contributed by atoms with Crippen LogP contribution in [0.3, 0.4) is 0 Å². The molecule has 2 aromatic rings. The molecular weight excluding hydrogens is 244 g/mol. The Morgan fingerprint density at radius 3 is 2.81 bits per heavy atom. The third-order valence-corrected chi connectivity index (χ3v) is 3.75. The van der Waals surface area contributed by atoms with Crippen molar-refractivity contribution in [3.8, 4) is 0 Å². The highest BCUT2D eigenvalue weighted by molar-refractivity contribution is 7.99. The molecule has 1 unspecified atom stereocenters. The van der Waals surface area contributed by atoms with Gasteiger partial charge in [-0.1, -0.05) is 23.7 Å². The molecular formula is C12H11ClO2S. The van der Waals surface area contributed by atoms with Crippen LogP contribution in [-0.4, -0.2) is 10.9 Å². The second-order valence-corrected chi connectivity index (χ2v) is 4.78. The van der Waals surface area contributed by atoms with Crippen molar-refractivity contribution in [1.29, 1.82) is 0 Å². The summed E-state index contributed by atoms with van der Waals surface area (Å²) in [6, 6.07) is 9.36. The van der Waals surface area contributed by atoms with E-state index >= 15 is 0 Å². The number of furan rings is 1. The van der Waals surface area contributed by atoms with Crippen molar-refractivity contribution in [2.75, 3.05) is 5.75 Å². The summed E-state index contributed by atoms with van der Waals surface area (Å²) in [6.07, 6.45) is 2.58. The van der Waals surface area contributed by atoms with E-state index in [1.54, 1.807) is 18.6 Å². The van der Waals surface area contributed by atoms with Gasteiger partial charge in [0.25, 0.3) is 0 Å². The quantitative estimate of drug-likeness (QED) is 0.844. The highest BCUT2D eigenvalue weighted by atomic mass is 35.5. The Kier molecular flexibility index (Phi) is 3.93. The fourth-order valence-electron chi connectivity index (χ4n) is 1.29. The SMILES string of the molecule is OC(CSc1ccccc1Cl)c1ccoc1. The molecule has 1 aromatic heterocycles. The Morgan fingerprint density at radius 2 is 2.12 bits per heavy atom. The first kappa shape index (κ1) is 11.6. The fraction of sp³-hybridized carbons (Fsp3) is 0.167. The van der Waals surface area contributed by atoms with Crippen LogP contribution in [0, 0.1) is 0 Å². The van der Waals surface area contributed by atoms with Gasteiger partial charge < -0.3 is 9.52 Å². The molecule has 1 aromatic carbocycles. The Labute approximate surface area is 103 Å². The highest BCUT2D eigenvalue weighted by Crippen LogP contribution is 2.30. The van der Waals surface area contributed by atoms with Gasteiger partial charge in [-0.2, -0.15) is 0 Å². The Morgan fingerprint density at radius 1 is 1.31 bits per heavy atom.